The lowest BCUT2D eigenvalue weighted by molar-refractivity contribution is -0.139. The van der Waals surface area contributed by atoms with Crippen molar-refractivity contribution in [3.05, 3.63) is 83.0 Å². The maximum Gasteiger partial charge on any atom is 0.338 e. The highest BCUT2D eigenvalue weighted by atomic mass is 79.9. The number of ether oxygens (including phenoxy) is 3. The quantitative estimate of drug-likeness (QED) is 0.466. The van der Waals surface area contributed by atoms with Crippen molar-refractivity contribution in [2.24, 2.45) is 4.99 Å². The molecule has 0 saturated heterocycles. The van der Waals surface area contributed by atoms with Gasteiger partial charge in [0, 0.05) is 0 Å². The molecule has 3 aromatic rings. The number of nitrogens with zero attached hydrogens (tertiary/aromatic N) is 2. The summed E-state index contributed by atoms with van der Waals surface area (Å²) in [5.74, 6) is 0.318. The van der Waals surface area contributed by atoms with E-state index in [0.717, 1.165) is 0 Å². The molecule has 0 saturated carbocycles. The number of esters is 1. The van der Waals surface area contributed by atoms with Crippen molar-refractivity contribution < 1.29 is 24.1 Å². The summed E-state index contributed by atoms with van der Waals surface area (Å²) in [6.07, 6.45) is 1.70. The summed E-state index contributed by atoms with van der Waals surface area (Å²) in [6, 6.07) is 9.82. The Bertz CT molecular complexity index is 1520. The first-order valence-electron chi connectivity index (χ1n) is 10.7. The number of rotatable bonds is 6. The minimum Gasteiger partial charge on any atom is -0.503 e. The van der Waals surface area contributed by atoms with Crippen molar-refractivity contribution in [3.63, 3.8) is 0 Å². The van der Waals surface area contributed by atoms with E-state index in [9.17, 15) is 14.7 Å². The van der Waals surface area contributed by atoms with Gasteiger partial charge in [0.25, 0.3) is 5.56 Å². The Hall–Kier alpha value is -3.37. The van der Waals surface area contributed by atoms with E-state index in [1.54, 1.807) is 51.3 Å². The van der Waals surface area contributed by atoms with Crippen LogP contribution in [0.5, 0.6) is 17.2 Å². The van der Waals surface area contributed by atoms with E-state index < -0.39 is 12.0 Å². The molecule has 0 amide bonds. The normalized spacial score (nSPS) is 15.5. The monoisotopic (exact) mass is 558 g/mol. The summed E-state index contributed by atoms with van der Waals surface area (Å²) in [6.45, 7) is 3.66. The fraction of sp³-hybridized carbons (Fsp3) is 0.240. The molecule has 0 fully saturated rings. The number of hydrogen-bond acceptors (Lipinski definition) is 8. The van der Waals surface area contributed by atoms with Crippen LogP contribution in [-0.2, 0) is 9.53 Å². The zero-order valence-electron chi connectivity index (χ0n) is 19.5. The van der Waals surface area contributed by atoms with Gasteiger partial charge in [-0.05, 0) is 71.2 Å². The van der Waals surface area contributed by atoms with Gasteiger partial charge in [-0.15, -0.1) is 0 Å². The number of phenolic OH excluding ortho intramolecular Hbond substituents is 1. The van der Waals surface area contributed by atoms with Gasteiger partial charge in [0.05, 0.1) is 47.1 Å². The van der Waals surface area contributed by atoms with E-state index in [-0.39, 0.29) is 23.7 Å². The summed E-state index contributed by atoms with van der Waals surface area (Å²) in [4.78, 5) is 31.7. The van der Waals surface area contributed by atoms with Crippen molar-refractivity contribution in [1.82, 2.24) is 4.57 Å². The minimum absolute atomic E-state index is 0.0289. The van der Waals surface area contributed by atoms with Crippen LogP contribution in [0.4, 0.5) is 0 Å². The maximum absolute atomic E-state index is 13.7. The fourth-order valence-corrected chi connectivity index (χ4v) is 5.41. The van der Waals surface area contributed by atoms with Crippen LogP contribution in [0.1, 0.15) is 31.0 Å². The lowest BCUT2D eigenvalue weighted by atomic mass is 9.95. The largest absolute Gasteiger partial charge is 0.503 e. The number of aromatic nitrogens is 1. The Morgan fingerprint density at radius 1 is 1.26 bits per heavy atom. The van der Waals surface area contributed by atoms with Gasteiger partial charge in [0.15, 0.2) is 16.3 Å². The Labute approximate surface area is 213 Å². The van der Waals surface area contributed by atoms with Gasteiger partial charge < -0.3 is 19.3 Å². The van der Waals surface area contributed by atoms with E-state index in [1.807, 2.05) is 12.1 Å². The van der Waals surface area contributed by atoms with Gasteiger partial charge in [0.2, 0.25) is 0 Å². The van der Waals surface area contributed by atoms with Crippen LogP contribution in [0.3, 0.4) is 0 Å². The SMILES string of the molecule is CCOC(=O)C1=C(C)N=c2s/c(=C\c3cc(Br)c(O)c(OC)c3)c(=O)n2[C@@H]1c1cccc(OC)c1. The molecule has 0 bridgehead atoms. The van der Waals surface area contributed by atoms with Crippen LogP contribution in [0.25, 0.3) is 6.08 Å². The molecule has 2 aromatic carbocycles. The second-order valence-electron chi connectivity index (χ2n) is 7.63. The second-order valence-corrected chi connectivity index (χ2v) is 9.50. The van der Waals surface area contributed by atoms with Gasteiger partial charge in [-0.1, -0.05) is 23.5 Å². The lowest BCUT2D eigenvalue weighted by Gasteiger charge is -2.25. The molecule has 1 aliphatic heterocycles. The van der Waals surface area contributed by atoms with Crippen molar-refractivity contribution >= 4 is 39.3 Å². The molecule has 1 aliphatic rings. The second kappa shape index (κ2) is 10.1. The molecule has 2 heterocycles. The number of fused-ring (bicyclic) bond motifs is 1. The van der Waals surface area contributed by atoms with Gasteiger partial charge in [-0.3, -0.25) is 9.36 Å². The number of aromatic hydroxyl groups is 1. The summed E-state index contributed by atoms with van der Waals surface area (Å²) < 4.78 is 18.3. The molecule has 0 spiro atoms. The summed E-state index contributed by atoms with van der Waals surface area (Å²) in [5.41, 5.74) is 1.82. The molecule has 182 valence electrons. The average molecular weight is 559 g/mol. The first-order valence-corrected chi connectivity index (χ1v) is 12.3. The van der Waals surface area contributed by atoms with Crippen LogP contribution in [0, 0.1) is 0 Å². The number of benzene rings is 2. The third-order valence-corrected chi connectivity index (χ3v) is 7.08. The molecule has 35 heavy (non-hydrogen) atoms. The van der Waals surface area contributed by atoms with Crippen molar-refractivity contribution in [1.29, 1.82) is 0 Å². The molecule has 0 radical (unpaired) electrons. The Morgan fingerprint density at radius 3 is 2.71 bits per heavy atom. The summed E-state index contributed by atoms with van der Waals surface area (Å²) in [7, 11) is 3.01. The third-order valence-electron chi connectivity index (χ3n) is 5.50. The van der Waals surface area contributed by atoms with Crippen molar-refractivity contribution in [2.75, 3.05) is 20.8 Å². The van der Waals surface area contributed by atoms with Gasteiger partial charge in [-0.2, -0.15) is 0 Å². The topological polar surface area (TPSA) is 99.4 Å². The van der Waals surface area contributed by atoms with Crippen LogP contribution in [0.15, 0.2) is 61.9 Å². The molecule has 10 heteroatoms. The predicted molar refractivity (Wildman–Crippen MR) is 136 cm³/mol. The molecular formula is C25H23BrN2O6S. The van der Waals surface area contributed by atoms with E-state index in [1.165, 1.54) is 23.0 Å². The summed E-state index contributed by atoms with van der Waals surface area (Å²) >= 11 is 4.52. The minimum atomic E-state index is -0.733. The third kappa shape index (κ3) is 4.63. The smallest absolute Gasteiger partial charge is 0.338 e. The average Bonchev–Trinajstić information content (AvgIpc) is 3.14. The van der Waals surface area contributed by atoms with E-state index >= 15 is 0 Å². The first-order chi connectivity index (χ1) is 16.8. The highest BCUT2D eigenvalue weighted by Gasteiger charge is 2.33. The number of phenols is 1. The number of carbonyl (C=O) groups excluding carboxylic acids is 1. The molecule has 1 N–H and O–H groups in total. The van der Waals surface area contributed by atoms with E-state index in [2.05, 4.69) is 20.9 Å². The fourth-order valence-electron chi connectivity index (χ4n) is 3.90. The zero-order valence-corrected chi connectivity index (χ0v) is 21.9. The number of thiazole rings is 1. The van der Waals surface area contributed by atoms with Gasteiger partial charge in [-0.25, -0.2) is 9.79 Å². The predicted octanol–water partition coefficient (Wildman–Crippen LogP) is 3.28. The van der Waals surface area contributed by atoms with E-state index in [4.69, 9.17) is 14.2 Å². The number of hydrogen-bond donors (Lipinski definition) is 1. The van der Waals surface area contributed by atoms with Crippen LogP contribution in [0.2, 0.25) is 0 Å². The zero-order chi connectivity index (χ0) is 25.3. The highest BCUT2D eigenvalue weighted by Crippen LogP contribution is 2.35. The summed E-state index contributed by atoms with van der Waals surface area (Å²) in [5, 5.41) is 10.1. The van der Waals surface area contributed by atoms with Crippen molar-refractivity contribution in [2.45, 2.75) is 19.9 Å². The van der Waals surface area contributed by atoms with Gasteiger partial charge in [0.1, 0.15) is 5.75 Å². The first kappa shape index (κ1) is 24.7. The molecule has 1 atom stereocenters. The Balaban J connectivity index is 1.96. The molecule has 0 aliphatic carbocycles. The lowest BCUT2D eigenvalue weighted by Crippen LogP contribution is -2.39. The van der Waals surface area contributed by atoms with Crippen molar-refractivity contribution in [3.8, 4) is 17.2 Å². The molecular weight excluding hydrogens is 536 g/mol. The molecule has 0 unspecified atom stereocenters. The van der Waals surface area contributed by atoms with Crippen LogP contribution in [-0.4, -0.2) is 36.5 Å². The molecule has 1 aromatic heterocycles. The highest BCUT2D eigenvalue weighted by molar-refractivity contribution is 9.10. The number of carbonyl (C=O) groups is 1. The standard InChI is InChI=1S/C25H23BrN2O6S/c1-5-34-24(31)20-13(2)27-25-28(21(20)15-7-6-8-16(12-15)32-3)23(30)19(35-25)11-14-9-17(26)22(29)18(10-14)33-4/h6-12,21,29H,5H2,1-4H3/b19-11-/t21-/m1/s1. The number of methoxy groups -OCH3 is 2. The number of halogens is 1. The van der Waals surface area contributed by atoms with Gasteiger partial charge >= 0.3 is 5.97 Å². The van der Waals surface area contributed by atoms with Crippen LogP contribution >= 0.6 is 27.3 Å². The molecule has 4 rings (SSSR count). The Morgan fingerprint density at radius 2 is 2.03 bits per heavy atom. The maximum atomic E-state index is 13.7. The Kier molecular flexibility index (Phi) is 7.13. The van der Waals surface area contributed by atoms with Crippen LogP contribution < -0.4 is 24.4 Å². The molecule has 8 nitrogen and oxygen atoms in total. The number of allylic oxidation sites excluding steroid dienone is 1. The van der Waals surface area contributed by atoms with E-state index in [0.29, 0.717) is 42.0 Å².